The third kappa shape index (κ3) is 10.5. The Bertz CT molecular complexity index is 2680. The van der Waals surface area contributed by atoms with Gasteiger partial charge in [0.1, 0.15) is 31.3 Å². The molecule has 13 nitrogen and oxygen atoms in total. The Labute approximate surface area is 387 Å². The molecule has 2 aromatic carbocycles. The van der Waals surface area contributed by atoms with Crippen LogP contribution < -0.4 is 14.2 Å². The van der Waals surface area contributed by atoms with Gasteiger partial charge in [0, 0.05) is 87.3 Å². The minimum absolute atomic E-state index is 0.0327. The van der Waals surface area contributed by atoms with Crippen LogP contribution in [0.3, 0.4) is 0 Å². The first-order chi connectivity index (χ1) is 31.8. The summed E-state index contributed by atoms with van der Waals surface area (Å²) in [6.45, 7) is 8.22. The van der Waals surface area contributed by atoms with Crippen LogP contribution in [0.2, 0.25) is 0 Å². The molecule has 15 heteroatoms. The van der Waals surface area contributed by atoms with Crippen molar-refractivity contribution in [1.29, 1.82) is 0 Å². The van der Waals surface area contributed by atoms with Gasteiger partial charge in [-0.1, -0.05) is 66.6 Å². The average Bonchev–Trinajstić information content (AvgIpc) is 3.72. The summed E-state index contributed by atoms with van der Waals surface area (Å²) < 4.78 is 30.5. The average molecular weight is 915 g/mol. The minimum Gasteiger partial charge on any atom is -0.495 e. The van der Waals surface area contributed by atoms with Gasteiger partial charge in [-0.2, -0.15) is 4.37 Å². The number of carbonyl (C=O) groups is 1. The van der Waals surface area contributed by atoms with E-state index in [2.05, 4.69) is 26.8 Å². The zero-order valence-electron chi connectivity index (χ0n) is 36.6. The van der Waals surface area contributed by atoms with E-state index >= 15 is 0 Å². The molecule has 0 radical (unpaired) electrons. The number of hydrogen-bond donors (Lipinski definition) is 1. The number of piperazine rings is 1. The van der Waals surface area contributed by atoms with Gasteiger partial charge in [-0.3, -0.25) is 9.88 Å². The summed E-state index contributed by atoms with van der Waals surface area (Å²) in [7, 11) is 2.16. The first-order valence-corrected chi connectivity index (χ1v) is 23.4. The van der Waals surface area contributed by atoms with Crippen molar-refractivity contribution in [3.05, 3.63) is 136 Å². The van der Waals surface area contributed by atoms with Gasteiger partial charge in [0.15, 0.2) is 5.82 Å². The van der Waals surface area contributed by atoms with Gasteiger partial charge < -0.3 is 29.0 Å². The molecule has 1 atom stereocenters. The largest absolute Gasteiger partial charge is 0.495 e. The lowest BCUT2D eigenvalue weighted by molar-refractivity contribution is -0.145. The molecule has 0 spiro atoms. The summed E-state index contributed by atoms with van der Waals surface area (Å²) in [5.74, 6) is 1.79. The highest BCUT2D eigenvalue weighted by molar-refractivity contribution is 7.13. The van der Waals surface area contributed by atoms with Gasteiger partial charge in [0.25, 0.3) is 0 Å². The number of allylic oxidation sites excluding steroid dienone is 4. The Morgan fingerprint density at radius 2 is 1.72 bits per heavy atom. The topological polar surface area (TPSA) is 145 Å². The molecule has 0 amide bonds. The highest BCUT2D eigenvalue weighted by atomic mass is 35.5. The van der Waals surface area contributed by atoms with Gasteiger partial charge in [0.05, 0.1) is 26.5 Å². The van der Waals surface area contributed by atoms with Crippen LogP contribution in [0, 0.1) is 0 Å². The van der Waals surface area contributed by atoms with Crippen LogP contribution in [0.5, 0.6) is 17.5 Å². The molecule has 65 heavy (non-hydrogen) atoms. The van der Waals surface area contributed by atoms with E-state index < -0.39 is 12.1 Å². The number of pyridine rings is 2. The highest BCUT2D eigenvalue weighted by Crippen LogP contribution is 2.48. The van der Waals surface area contributed by atoms with E-state index in [0.717, 1.165) is 101 Å². The van der Waals surface area contributed by atoms with E-state index in [4.69, 9.17) is 44.9 Å². The number of aromatic nitrogens is 5. The van der Waals surface area contributed by atoms with Crippen LogP contribution >= 0.6 is 23.1 Å². The quantitative estimate of drug-likeness (QED) is 0.0875. The molecule has 9 rings (SSSR count). The van der Waals surface area contributed by atoms with Crippen LogP contribution in [0.25, 0.3) is 27.0 Å². The molecular weight excluding hydrogens is 862 g/mol. The standard InChI is InChI=1S/C50H52ClN7O6S/c1-32-38(16-17-40(46(32)51)61-26-25-58-23-21-57(2)22-24-58)44-45-42(29-54-47(44)34-12-8-13-34)65-56-49(45)64-41(50(59)60)27-35-11-6-7-14-39(35)62-31-37-19-20-52-48(55-37)36-15-18-43(53-28-36)63-30-33-9-4-3-5-10-33/h3-7,9-11,14-15,18-20,28-29,34,41H,8,12-13,16-17,21-27,30-31H2,1-2H3,(H,59,60)/t41-/m1/s1. The molecule has 1 aliphatic heterocycles. The number of halogens is 1. The summed E-state index contributed by atoms with van der Waals surface area (Å²) in [6, 6.07) is 22.8. The second-order valence-corrected chi connectivity index (χ2v) is 18.0. The summed E-state index contributed by atoms with van der Waals surface area (Å²) >= 11 is 8.39. The predicted octanol–water partition coefficient (Wildman–Crippen LogP) is 9.33. The predicted molar refractivity (Wildman–Crippen MR) is 251 cm³/mol. The van der Waals surface area contributed by atoms with Crippen LogP contribution in [-0.4, -0.2) is 97.7 Å². The van der Waals surface area contributed by atoms with Crippen molar-refractivity contribution in [2.75, 3.05) is 46.4 Å². The van der Waals surface area contributed by atoms with Crippen molar-refractivity contribution < 1.29 is 28.8 Å². The molecule has 336 valence electrons. The fourth-order valence-corrected chi connectivity index (χ4v) is 9.38. The number of benzene rings is 2. The lowest BCUT2D eigenvalue weighted by Crippen LogP contribution is -2.45. The maximum absolute atomic E-state index is 13.0. The molecule has 0 unspecified atom stereocenters. The summed E-state index contributed by atoms with van der Waals surface area (Å²) in [5.41, 5.74) is 7.07. The van der Waals surface area contributed by atoms with Crippen LogP contribution in [-0.2, 0) is 29.2 Å². The molecule has 1 saturated carbocycles. The second kappa shape index (κ2) is 20.5. The van der Waals surface area contributed by atoms with Crippen molar-refractivity contribution >= 4 is 44.8 Å². The fourth-order valence-electron chi connectivity index (χ4n) is 8.42. The van der Waals surface area contributed by atoms with E-state index in [1.54, 1.807) is 24.5 Å². The molecule has 1 saturated heterocycles. The maximum atomic E-state index is 13.0. The molecule has 0 bridgehead atoms. The highest BCUT2D eigenvalue weighted by Gasteiger charge is 2.33. The number of rotatable bonds is 18. The lowest BCUT2D eigenvalue weighted by atomic mass is 9.77. The summed E-state index contributed by atoms with van der Waals surface area (Å²) in [4.78, 5) is 36.5. The zero-order chi connectivity index (χ0) is 44.7. The smallest absolute Gasteiger partial charge is 0.345 e. The third-order valence-corrected chi connectivity index (χ3v) is 13.7. The van der Waals surface area contributed by atoms with Crippen molar-refractivity contribution in [3.8, 4) is 28.9 Å². The Kier molecular flexibility index (Phi) is 14.0. The Balaban J connectivity index is 0.909. The van der Waals surface area contributed by atoms with Gasteiger partial charge in [-0.05, 0) is 85.2 Å². The van der Waals surface area contributed by atoms with Crippen LogP contribution in [0.15, 0.2) is 108 Å². The van der Waals surface area contributed by atoms with Crippen molar-refractivity contribution in [3.63, 3.8) is 0 Å². The van der Waals surface area contributed by atoms with Gasteiger partial charge in [-0.15, -0.1) is 0 Å². The van der Waals surface area contributed by atoms with E-state index in [0.29, 0.717) is 65.7 Å². The summed E-state index contributed by atoms with van der Waals surface area (Å²) in [5, 5.41) is 12.0. The van der Waals surface area contributed by atoms with Crippen molar-refractivity contribution in [1.82, 2.24) is 34.1 Å². The van der Waals surface area contributed by atoms with Crippen LogP contribution in [0.4, 0.5) is 0 Å². The molecule has 6 aromatic rings. The SMILES string of the molecule is CC1=C(c2c(C3CCC3)ncc3snc(O[C@H](Cc4ccccc4OCc4ccnc(-c5ccc(OCc6ccccc6)nc5)n4)C(=O)O)c23)CCC(OCCN2CCN(C)CC2)=C1Cl. The number of ether oxygens (including phenoxy) is 4. The van der Waals surface area contributed by atoms with E-state index in [1.165, 1.54) is 11.5 Å². The second-order valence-electron chi connectivity index (χ2n) is 16.8. The van der Waals surface area contributed by atoms with Crippen LogP contribution in [0.1, 0.15) is 73.0 Å². The normalized spacial score (nSPS) is 16.7. The fraction of sp³-hybridized carbons (Fsp3) is 0.360. The number of fused-ring (bicyclic) bond motifs is 1. The number of carboxylic acids is 1. The third-order valence-electron chi connectivity index (χ3n) is 12.4. The molecule has 1 N–H and O–H groups in total. The molecule has 2 fully saturated rings. The number of hydrogen-bond acceptors (Lipinski definition) is 13. The monoisotopic (exact) mass is 913 g/mol. The number of carboxylic acid groups (broad SMARTS) is 1. The summed E-state index contributed by atoms with van der Waals surface area (Å²) in [6.07, 6.45) is 8.55. The Morgan fingerprint density at radius 1 is 0.908 bits per heavy atom. The number of likely N-dealkylation sites (N-methyl/N-ethyl adjacent to an activating group) is 1. The van der Waals surface area contributed by atoms with Gasteiger partial charge in [0.2, 0.25) is 17.9 Å². The van der Waals surface area contributed by atoms with Gasteiger partial charge in [-0.25, -0.2) is 19.7 Å². The van der Waals surface area contributed by atoms with Crippen molar-refractivity contribution in [2.45, 2.75) is 70.7 Å². The number of para-hydroxylation sites is 1. The number of nitrogens with zero attached hydrogens (tertiary/aromatic N) is 7. The molecule has 5 heterocycles. The first-order valence-electron chi connectivity index (χ1n) is 22.2. The molecule has 2 aliphatic carbocycles. The minimum atomic E-state index is -1.26. The zero-order valence-corrected chi connectivity index (χ0v) is 38.2. The first kappa shape index (κ1) is 44.3. The molecule has 4 aromatic heterocycles. The Hall–Kier alpha value is -5.93. The van der Waals surface area contributed by atoms with E-state index in [-0.39, 0.29) is 18.9 Å². The van der Waals surface area contributed by atoms with E-state index in [9.17, 15) is 9.90 Å². The molecular formula is C50H52ClN7O6S. The van der Waals surface area contributed by atoms with E-state index in [1.807, 2.05) is 73.8 Å². The van der Waals surface area contributed by atoms with Crippen molar-refractivity contribution in [2.24, 2.45) is 0 Å². The maximum Gasteiger partial charge on any atom is 0.345 e. The number of aliphatic carboxylic acids is 1. The lowest BCUT2D eigenvalue weighted by Gasteiger charge is -2.32. The van der Waals surface area contributed by atoms with Gasteiger partial charge >= 0.3 is 5.97 Å². The Morgan fingerprint density at radius 3 is 2.49 bits per heavy atom. The molecule has 3 aliphatic rings.